The van der Waals surface area contributed by atoms with E-state index in [1.165, 1.54) is 18.3 Å². The van der Waals surface area contributed by atoms with Crippen LogP contribution in [0.15, 0.2) is 47.9 Å². The molecule has 3 heterocycles. The van der Waals surface area contributed by atoms with Crippen molar-refractivity contribution >= 4 is 11.6 Å². The molecule has 0 N–H and O–H groups in total. The zero-order valence-corrected chi connectivity index (χ0v) is 19.9. The number of carbonyl (C=O) groups is 1. The lowest BCUT2D eigenvalue weighted by Gasteiger charge is -2.32. The van der Waals surface area contributed by atoms with Gasteiger partial charge in [-0.05, 0) is 38.8 Å². The van der Waals surface area contributed by atoms with Gasteiger partial charge in [0.2, 0.25) is 5.91 Å². The summed E-state index contributed by atoms with van der Waals surface area (Å²) in [6.45, 7) is 4.48. The largest absolute Gasteiger partial charge is 0.357 e. The minimum atomic E-state index is -0.716. The molecule has 1 amide bonds. The molecule has 1 saturated heterocycles. The number of benzene rings is 1. The summed E-state index contributed by atoms with van der Waals surface area (Å²) in [7, 11) is 0. The summed E-state index contributed by atoms with van der Waals surface area (Å²) in [5, 5.41) is 13.2. The van der Waals surface area contributed by atoms with E-state index in [1.807, 2.05) is 6.07 Å². The number of hydrogen-bond acceptors (Lipinski definition) is 7. The van der Waals surface area contributed by atoms with Crippen LogP contribution in [0, 0.1) is 29.9 Å². The number of pyridine rings is 1. The Morgan fingerprint density at radius 3 is 2.64 bits per heavy atom. The molecule has 0 bridgehead atoms. The van der Waals surface area contributed by atoms with Crippen LogP contribution >= 0.6 is 0 Å². The highest BCUT2D eigenvalue weighted by atomic mass is 19.1. The van der Waals surface area contributed by atoms with Gasteiger partial charge in [0.25, 0.3) is 0 Å². The Morgan fingerprint density at radius 2 is 1.94 bits per heavy atom. The highest BCUT2D eigenvalue weighted by molar-refractivity contribution is 5.99. The molecule has 0 aliphatic carbocycles. The third kappa shape index (κ3) is 5.68. The van der Waals surface area contributed by atoms with Gasteiger partial charge in [-0.2, -0.15) is 5.26 Å². The van der Waals surface area contributed by atoms with Crippen LogP contribution in [-0.2, 0) is 11.2 Å². The molecule has 3 aromatic rings. The summed E-state index contributed by atoms with van der Waals surface area (Å²) >= 11 is 0. The Hall–Kier alpha value is -4.26. The summed E-state index contributed by atoms with van der Waals surface area (Å²) in [6.07, 6.45) is 4.13. The molecule has 8 nitrogen and oxygen atoms in total. The highest BCUT2D eigenvalue weighted by Gasteiger charge is 2.28. The minimum absolute atomic E-state index is 0.0483. The number of hydrogen-bond donors (Lipinski definition) is 0. The highest BCUT2D eigenvalue weighted by Crippen LogP contribution is 2.30. The summed E-state index contributed by atoms with van der Waals surface area (Å²) in [5.74, 6) is -0.694. The number of rotatable bonds is 6. The summed E-state index contributed by atoms with van der Waals surface area (Å²) in [4.78, 5) is 32.7. The van der Waals surface area contributed by atoms with Crippen LogP contribution in [0.5, 0.6) is 5.75 Å². The molecule has 1 aliphatic heterocycles. The quantitative estimate of drug-likeness (QED) is 0.381. The van der Waals surface area contributed by atoms with Gasteiger partial charge < -0.3 is 9.74 Å². The van der Waals surface area contributed by atoms with E-state index in [0.29, 0.717) is 43.2 Å². The predicted molar refractivity (Wildman–Crippen MR) is 127 cm³/mol. The smallest absolute Gasteiger partial charge is 0.227 e. The monoisotopic (exact) mass is 490 g/mol. The number of amides is 1. The minimum Gasteiger partial charge on any atom is -0.357 e. The molecular weight excluding hydrogens is 466 g/mol. The van der Waals surface area contributed by atoms with Crippen molar-refractivity contribution in [2.45, 2.75) is 39.0 Å². The number of aryl methyl sites for hydroxylation is 1. The number of carbonyl (C=O) groups excluding carboxylic acids is 1. The lowest BCUT2D eigenvalue weighted by atomic mass is 9.89. The van der Waals surface area contributed by atoms with E-state index in [2.05, 4.69) is 20.1 Å². The number of likely N-dealkylation sites (tertiary alicyclic amines) is 1. The van der Waals surface area contributed by atoms with Gasteiger partial charge in [-0.3, -0.25) is 4.79 Å². The zero-order valence-electron chi connectivity index (χ0n) is 19.9. The SMILES string of the molecule is CC(=NOc1ccnc(C#N)c1)c1cnc(C)nc1C1CCN(C(=O)Cc2c(F)cccc2F)CC1. The second kappa shape index (κ2) is 11.0. The van der Waals surface area contributed by atoms with Gasteiger partial charge in [0.05, 0.1) is 17.8 Å². The average Bonchev–Trinajstić information content (AvgIpc) is 2.89. The molecule has 0 atom stereocenters. The van der Waals surface area contributed by atoms with Gasteiger partial charge in [0.1, 0.15) is 29.2 Å². The first-order chi connectivity index (χ1) is 17.4. The molecule has 0 radical (unpaired) electrons. The third-order valence-electron chi connectivity index (χ3n) is 6.09. The maximum Gasteiger partial charge on any atom is 0.227 e. The Bertz CT molecular complexity index is 1330. The zero-order chi connectivity index (χ0) is 25.7. The topological polar surface area (TPSA) is 104 Å². The van der Waals surface area contributed by atoms with Crippen molar-refractivity contribution in [1.82, 2.24) is 19.9 Å². The van der Waals surface area contributed by atoms with E-state index in [4.69, 9.17) is 10.1 Å². The van der Waals surface area contributed by atoms with Crippen LogP contribution in [-0.4, -0.2) is 44.6 Å². The Morgan fingerprint density at radius 1 is 1.22 bits per heavy atom. The Kier molecular flexibility index (Phi) is 7.59. The summed E-state index contributed by atoms with van der Waals surface area (Å²) < 4.78 is 27.9. The number of halogens is 2. The lowest BCUT2D eigenvalue weighted by Crippen LogP contribution is -2.39. The summed E-state index contributed by atoms with van der Waals surface area (Å²) in [6, 6.07) is 8.63. The number of piperidine rings is 1. The van der Waals surface area contributed by atoms with Crippen molar-refractivity contribution < 1.29 is 18.4 Å². The molecular formula is C26H24F2N6O2. The molecule has 1 fully saturated rings. The molecule has 184 valence electrons. The van der Waals surface area contributed by atoms with Crippen molar-refractivity contribution in [2.24, 2.45) is 5.16 Å². The van der Waals surface area contributed by atoms with E-state index < -0.39 is 11.6 Å². The fourth-order valence-electron chi connectivity index (χ4n) is 4.14. The molecule has 1 aliphatic rings. The van der Waals surface area contributed by atoms with Crippen LogP contribution in [0.2, 0.25) is 0 Å². The van der Waals surface area contributed by atoms with Crippen LogP contribution < -0.4 is 4.84 Å². The van der Waals surface area contributed by atoms with E-state index >= 15 is 0 Å². The van der Waals surface area contributed by atoms with Gasteiger partial charge in [-0.15, -0.1) is 0 Å². The Balaban J connectivity index is 1.45. The van der Waals surface area contributed by atoms with Gasteiger partial charge in [0.15, 0.2) is 5.75 Å². The van der Waals surface area contributed by atoms with Gasteiger partial charge in [0, 0.05) is 54.7 Å². The average molecular weight is 491 g/mol. The first-order valence-corrected chi connectivity index (χ1v) is 11.5. The van der Waals surface area contributed by atoms with E-state index in [1.54, 1.807) is 31.0 Å². The maximum atomic E-state index is 14.0. The van der Waals surface area contributed by atoms with Crippen LogP contribution in [0.25, 0.3) is 0 Å². The molecule has 0 unspecified atom stereocenters. The van der Waals surface area contributed by atoms with Gasteiger partial charge >= 0.3 is 0 Å². The molecule has 2 aromatic heterocycles. The molecule has 10 heteroatoms. The van der Waals surface area contributed by atoms with Crippen molar-refractivity contribution in [3.05, 3.63) is 82.7 Å². The molecule has 1 aromatic carbocycles. The molecule has 0 spiro atoms. The van der Waals surface area contributed by atoms with Crippen LogP contribution in [0.1, 0.15) is 54.0 Å². The van der Waals surface area contributed by atoms with Crippen molar-refractivity contribution in [3.63, 3.8) is 0 Å². The van der Waals surface area contributed by atoms with E-state index in [9.17, 15) is 13.6 Å². The van der Waals surface area contributed by atoms with E-state index in [-0.39, 0.29) is 29.5 Å². The second-order valence-corrected chi connectivity index (χ2v) is 8.50. The number of nitriles is 1. The third-order valence-corrected chi connectivity index (χ3v) is 6.09. The van der Waals surface area contributed by atoms with Crippen molar-refractivity contribution in [1.29, 1.82) is 5.26 Å². The molecule has 36 heavy (non-hydrogen) atoms. The van der Waals surface area contributed by atoms with Crippen molar-refractivity contribution in [2.75, 3.05) is 13.1 Å². The fourth-order valence-corrected chi connectivity index (χ4v) is 4.14. The van der Waals surface area contributed by atoms with Crippen LogP contribution in [0.3, 0.4) is 0 Å². The lowest BCUT2D eigenvalue weighted by molar-refractivity contribution is -0.131. The fraction of sp³-hybridized carbons (Fsp3) is 0.308. The van der Waals surface area contributed by atoms with Gasteiger partial charge in [-0.25, -0.2) is 23.7 Å². The Labute approximate surface area is 207 Å². The molecule has 4 rings (SSSR count). The number of nitrogens with zero attached hydrogens (tertiary/aromatic N) is 6. The second-order valence-electron chi connectivity index (χ2n) is 8.50. The number of oxime groups is 1. The first kappa shape index (κ1) is 24.9. The standard InChI is InChI=1S/C26H24F2N6O2/c1-16(33-36-20-6-9-30-19(12-20)14-29)22-15-31-17(2)32-26(22)18-7-10-34(11-8-18)25(35)13-21-23(27)4-3-5-24(21)28/h3-6,9,12,15,18H,7-8,10-11,13H2,1-2H3. The maximum absolute atomic E-state index is 14.0. The van der Waals surface area contributed by atoms with E-state index in [0.717, 1.165) is 23.4 Å². The van der Waals surface area contributed by atoms with Crippen molar-refractivity contribution in [3.8, 4) is 11.8 Å². The summed E-state index contributed by atoms with van der Waals surface area (Å²) in [5.41, 5.74) is 2.12. The number of aromatic nitrogens is 3. The predicted octanol–water partition coefficient (Wildman–Crippen LogP) is 4.08. The van der Waals surface area contributed by atoms with Gasteiger partial charge in [-0.1, -0.05) is 11.2 Å². The normalized spacial score (nSPS) is 14.4. The van der Waals surface area contributed by atoms with Crippen LogP contribution in [0.4, 0.5) is 8.78 Å². The first-order valence-electron chi connectivity index (χ1n) is 11.5. The molecule has 0 saturated carbocycles.